The van der Waals surface area contributed by atoms with Crippen LogP contribution in [-0.4, -0.2) is 31.1 Å². The van der Waals surface area contributed by atoms with E-state index >= 15 is 0 Å². The first-order valence-electron chi connectivity index (χ1n) is 9.20. The normalized spacial score (nSPS) is 11.3. The molecule has 0 atom stereocenters. The second-order valence-corrected chi connectivity index (χ2v) is 6.39. The fraction of sp³-hybridized carbons (Fsp3) is 0. The van der Waals surface area contributed by atoms with Crippen LogP contribution in [0.1, 0.15) is 0 Å². The summed E-state index contributed by atoms with van der Waals surface area (Å²) in [5.41, 5.74) is 2.30. The predicted octanol–water partition coefficient (Wildman–Crippen LogP) is 4.76. The summed E-state index contributed by atoms with van der Waals surface area (Å²) >= 11 is 0. The molecule has 0 bridgehead atoms. The molecular weight excluding hydrogens is 360 g/mol. The summed E-state index contributed by atoms with van der Waals surface area (Å²) in [5, 5.41) is 10.9. The number of benzene rings is 2. The van der Waals surface area contributed by atoms with Crippen molar-refractivity contribution >= 4 is 22.8 Å². The van der Waals surface area contributed by atoms with E-state index in [1.54, 1.807) is 18.7 Å². The van der Waals surface area contributed by atoms with E-state index in [1.165, 1.54) is 0 Å². The van der Waals surface area contributed by atoms with Crippen molar-refractivity contribution in [2.75, 3.05) is 0 Å². The fourth-order valence-corrected chi connectivity index (χ4v) is 3.18. The maximum Gasteiger partial charge on any atom is 0.188 e. The second-order valence-electron chi connectivity index (χ2n) is 6.39. The van der Waals surface area contributed by atoms with Crippen LogP contribution in [0.5, 0.6) is 0 Å². The molecule has 0 saturated carbocycles. The van der Waals surface area contributed by atoms with Gasteiger partial charge >= 0.3 is 0 Å². The second kappa shape index (κ2) is 7.44. The lowest BCUT2D eigenvalue weighted by molar-refractivity contribution is 1.08. The minimum atomic E-state index is 0.607. The SMILES string of the molecule is C(=Nc1cccc2ccccc12)n1c(-c2ccccn2)nnc1-c1ccccn1. The highest BCUT2D eigenvalue weighted by Gasteiger charge is 2.16. The summed E-state index contributed by atoms with van der Waals surface area (Å²) < 4.78 is 1.83. The maximum absolute atomic E-state index is 4.75. The van der Waals surface area contributed by atoms with Crippen molar-refractivity contribution in [3.63, 3.8) is 0 Å². The van der Waals surface area contributed by atoms with Gasteiger partial charge in [0.2, 0.25) is 0 Å². The predicted molar refractivity (Wildman–Crippen MR) is 114 cm³/mol. The molecule has 5 aromatic rings. The van der Waals surface area contributed by atoms with E-state index in [9.17, 15) is 0 Å². The maximum atomic E-state index is 4.75. The Hall–Kier alpha value is -4.19. The van der Waals surface area contributed by atoms with Crippen molar-refractivity contribution in [2.45, 2.75) is 0 Å². The molecule has 6 nitrogen and oxygen atoms in total. The van der Waals surface area contributed by atoms with Gasteiger partial charge in [-0.1, -0.05) is 48.5 Å². The third kappa shape index (κ3) is 3.27. The van der Waals surface area contributed by atoms with Gasteiger partial charge in [0.05, 0.1) is 5.69 Å². The molecule has 0 fully saturated rings. The van der Waals surface area contributed by atoms with E-state index in [2.05, 4.69) is 38.4 Å². The van der Waals surface area contributed by atoms with Crippen molar-refractivity contribution in [3.05, 3.63) is 91.3 Å². The first kappa shape index (κ1) is 16.9. The molecular formula is C23H16N6. The minimum Gasteiger partial charge on any atom is -0.262 e. The molecule has 6 heteroatoms. The summed E-state index contributed by atoms with van der Waals surface area (Å²) in [5.74, 6) is 1.21. The Morgan fingerprint density at radius 1 is 0.655 bits per heavy atom. The summed E-state index contributed by atoms with van der Waals surface area (Å²) in [6.07, 6.45) is 5.20. The molecule has 0 amide bonds. The monoisotopic (exact) mass is 376 g/mol. The van der Waals surface area contributed by atoms with E-state index in [0.717, 1.165) is 16.5 Å². The molecule has 0 aliphatic carbocycles. The van der Waals surface area contributed by atoms with Gasteiger partial charge in [0, 0.05) is 17.8 Å². The van der Waals surface area contributed by atoms with Gasteiger partial charge in [-0.05, 0) is 35.7 Å². The van der Waals surface area contributed by atoms with Gasteiger partial charge in [-0.2, -0.15) is 0 Å². The van der Waals surface area contributed by atoms with Gasteiger partial charge in [-0.15, -0.1) is 10.2 Å². The van der Waals surface area contributed by atoms with E-state index in [-0.39, 0.29) is 0 Å². The van der Waals surface area contributed by atoms with E-state index in [4.69, 9.17) is 4.99 Å². The minimum absolute atomic E-state index is 0.607. The largest absolute Gasteiger partial charge is 0.262 e. The highest BCUT2D eigenvalue weighted by Crippen LogP contribution is 2.26. The molecule has 2 aromatic carbocycles. The summed E-state index contributed by atoms with van der Waals surface area (Å²) in [7, 11) is 0. The molecule has 138 valence electrons. The van der Waals surface area contributed by atoms with Crippen molar-refractivity contribution in [3.8, 4) is 23.0 Å². The van der Waals surface area contributed by atoms with Crippen LogP contribution in [0.2, 0.25) is 0 Å². The standard InChI is InChI=1S/C23H16N6/c1-2-10-18-17(8-1)9-7-13-19(18)26-16-29-22(20-11-3-5-14-24-20)27-28-23(29)21-12-4-6-15-25-21/h1-16H. The third-order valence-corrected chi connectivity index (χ3v) is 4.56. The molecule has 0 saturated heterocycles. The molecule has 0 aliphatic heterocycles. The molecule has 0 aliphatic rings. The van der Waals surface area contributed by atoms with Gasteiger partial charge in [-0.25, -0.2) is 4.99 Å². The van der Waals surface area contributed by atoms with Crippen molar-refractivity contribution < 1.29 is 0 Å². The van der Waals surface area contributed by atoms with Gasteiger partial charge in [-0.3, -0.25) is 14.5 Å². The summed E-state index contributed by atoms with van der Waals surface area (Å²) in [6, 6.07) is 25.6. The number of aliphatic imine (C=N–C) groups is 1. The van der Waals surface area contributed by atoms with Crippen LogP contribution in [0.15, 0.2) is 96.2 Å². The zero-order chi connectivity index (χ0) is 19.5. The number of rotatable bonds is 4. The number of aromatic nitrogens is 5. The van der Waals surface area contributed by atoms with Gasteiger partial charge in [0.1, 0.15) is 17.7 Å². The zero-order valence-electron chi connectivity index (χ0n) is 15.4. The fourth-order valence-electron chi connectivity index (χ4n) is 3.18. The highest BCUT2D eigenvalue weighted by molar-refractivity contribution is 5.94. The van der Waals surface area contributed by atoms with Crippen LogP contribution in [0.25, 0.3) is 33.8 Å². The van der Waals surface area contributed by atoms with Crippen molar-refractivity contribution in [2.24, 2.45) is 4.99 Å². The Morgan fingerprint density at radius 3 is 1.93 bits per heavy atom. The van der Waals surface area contributed by atoms with E-state index < -0.39 is 0 Å². The lowest BCUT2D eigenvalue weighted by Gasteiger charge is -2.05. The van der Waals surface area contributed by atoms with Crippen molar-refractivity contribution in [1.82, 2.24) is 24.7 Å². The van der Waals surface area contributed by atoms with Crippen LogP contribution in [0.3, 0.4) is 0 Å². The Bertz CT molecular complexity index is 1230. The smallest absolute Gasteiger partial charge is 0.188 e. The average Bonchev–Trinajstić information content (AvgIpc) is 3.23. The molecule has 29 heavy (non-hydrogen) atoms. The van der Waals surface area contributed by atoms with Gasteiger partial charge in [0.15, 0.2) is 11.6 Å². The highest BCUT2D eigenvalue weighted by atomic mass is 15.3. The average molecular weight is 376 g/mol. The molecule has 0 N–H and O–H groups in total. The number of pyridine rings is 2. The Kier molecular flexibility index (Phi) is 4.35. The Labute approximate surface area is 167 Å². The van der Waals surface area contributed by atoms with E-state index in [1.807, 2.05) is 65.2 Å². The lowest BCUT2D eigenvalue weighted by atomic mass is 10.1. The topological polar surface area (TPSA) is 68.8 Å². The molecule has 0 spiro atoms. The Morgan fingerprint density at radius 2 is 1.28 bits per heavy atom. The molecule has 5 rings (SSSR count). The number of fused-ring (bicyclic) bond motifs is 1. The summed E-state index contributed by atoms with van der Waals surface area (Å²) in [6.45, 7) is 0. The van der Waals surface area contributed by atoms with Crippen LogP contribution < -0.4 is 0 Å². The molecule has 3 aromatic heterocycles. The number of hydrogen-bond donors (Lipinski definition) is 0. The molecule has 3 heterocycles. The molecule has 0 unspecified atom stereocenters. The Balaban J connectivity index is 1.66. The quantitative estimate of drug-likeness (QED) is 0.335. The van der Waals surface area contributed by atoms with Crippen molar-refractivity contribution in [1.29, 1.82) is 0 Å². The lowest BCUT2D eigenvalue weighted by Crippen LogP contribution is -2.03. The van der Waals surface area contributed by atoms with Crippen LogP contribution >= 0.6 is 0 Å². The zero-order valence-corrected chi connectivity index (χ0v) is 15.4. The van der Waals surface area contributed by atoms with Gasteiger partial charge < -0.3 is 0 Å². The molecule has 0 radical (unpaired) electrons. The first-order chi connectivity index (χ1) is 14.4. The third-order valence-electron chi connectivity index (χ3n) is 4.56. The van der Waals surface area contributed by atoms with Gasteiger partial charge in [0.25, 0.3) is 0 Å². The van der Waals surface area contributed by atoms with Crippen LogP contribution in [0, 0.1) is 0 Å². The number of nitrogens with zero attached hydrogens (tertiary/aromatic N) is 6. The first-order valence-corrected chi connectivity index (χ1v) is 9.20. The number of hydrogen-bond acceptors (Lipinski definition) is 5. The van der Waals surface area contributed by atoms with E-state index in [0.29, 0.717) is 23.0 Å². The van der Waals surface area contributed by atoms with Crippen LogP contribution in [0.4, 0.5) is 5.69 Å². The van der Waals surface area contributed by atoms with Crippen LogP contribution in [-0.2, 0) is 0 Å². The summed E-state index contributed by atoms with van der Waals surface area (Å²) in [4.78, 5) is 13.6.